The molecule has 0 radical (unpaired) electrons. The first-order valence-electron chi connectivity index (χ1n) is 9.23. The monoisotopic (exact) mass is 475 g/mol. The van der Waals surface area contributed by atoms with E-state index >= 15 is 0 Å². The molecule has 0 bridgehead atoms. The third-order valence-electron chi connectivity index (χ3n) is 4.71. The van der Waals surface area contributed by atoms with E-state index in [9.17, 15) is 4.79 Å². The van der Waals surface area contributed by atoms with E-state index in [1.54, 1.807) is 12.1 Å². The first-order chi connectivity index (χ1) is 14.9. The number of hydrogen-bond donors (Lipinski definition) is 2. The highest BCUT2D eigenvalue weighted by molar-refractivity contribution is 6.42. The van der Waals surface area contributed by atoms with Crippen LogP contribution in [0.4, 0.5) is 11.4 Å². The molecular weight excluding hydrogens is 461 g/mol. The summed E-state index contributed by atoms with van der Waals surface area (Å²) >= 11 is 19.3. The molecular formula is C23H16Cl3NO4. The van der Waals surface area contributed by atoms with Gasteiger partial charge in [-0.1, -0.05) is 46.9 Å². The zero-order valence-electron chi connectivity index (χ0n) is 16.0. The van der Waals surface area contributed by atoms with Gasteiger partial charge >= 0.3 is 5.97 Å². The van der Waals surface area contributed by atoms with Gasteiger partial charge in [0.25, 0.3) is 0 Å². The summed E-state index contributed by atoms with van der Waals surface area (Å²) in [4.78, 5) is 10.7. The Morgan fingerprint density at radius 3 is 2.42 bits per heavy atom. The number of carbonyl (C=O) groups is 1. The Morgan fingerprint density at radius 2 is 1.71 bits per heavy atom. The van der Waals surface area contributed by atoms with E-state index in [1.807, 2.05) is 36.4 Å². The fourth-order valence-electron chi connectivity index (χ4n) is 3.17. The van der Waals surface area contributed by atoms with Crippen LogP contribution in [0.15, 0.2) is 54.6 Å². The second-order valence-electron chi connectivity index (χ2n) is 6.78. The fourth-order valence-corrected chi connectivity index (χ4v) is 3.80. The van der Waals surface area contributed by atoms with Crippen molar-refractivity contribution in [1.29, 1.82) is 0 Å². The van der Waals surface area contributed by atoms with Gasteiger partial charge in [0.2, 0.25) is 6.79 Å². The average molecular weight is 477 g/mol. The summed E-state index contributed by atoms with van der Waals surface area (Å²) < 4.78 is 10.8. The lowest BCUT2D eigenvalue weighted by molar-refractivity contribution is -0.131. The average Bonchev–Trinajstić information content (AvgIpc) is 3.20. The molecule has 0 atom stereocenters. The van der Waals surface area contributed by atoms with Crippen LogP contribution in [0.3, 0.4) is 0 Å². The third kappa shape index (κ3) is 4.90. The molecule has 3 aromatic carbocycles. The molecule has 8 heteroatoms. The van der Waals surface area contributed by atoms with Gasteiger partial charge in [0.05, 0.1) is 10.0 Å². The van der Waals surface area contributed by atoms with Crippen molar-refractivity contribution in [3.8, 4) is 11.5 Å². The molecule has 2 N–H and O–H groups in total. The predicted octanol–water partition coefficient (Wildman–Crippen LogP) is 6.81. The van der Waals surface area contributed by atoms with Crippen LogP contribution in [0, 0.1) is 0 Å². The molecule has 0 saturated heterocycles. The van der Waals surface area contributed by atoms with Crippen molar-refractivity contribution in [2.45, 2.75) is 6.42 Å². The molecule has 1 aliphatic rings. The van der Waals surface area contributed by atoms with Crippen LogP contribution in [-0.2, 0) is 11.2 Å². The summed E-state index contributed by atoms with van der Waals surface area (Å²) in [6.45, 7) is 0.164. The van der Waals surface area contributed by atoms with Crippen LogP contribution in [0.5, 0.6) is 11.5 Å². The van der Waals surface area contributed by atoms with Gasteiger partial charge in [-0.15, -0.1) is 0 Å². The summed E-state index contributed by atoms with van der Waals surface area (Å²) in [5.74, 6) is 0.253. The molecule has 0 amide bonds. The number of nitrogens with one attached hydrogen (secondary N) is 1. The number of benzene rings is 3. The number of hydrogen-bond acceptors (Lipinski definition) is 4. The van der Waals surface area contributed by atoms with E-state index in [0.717, 1.165) is 34.1 Å². The zero-order chi connectivity index (χ0) is 22.0. The first-order valence-corrected chi connectivity index (χ1v) is 10.4. The van der Waals surface area contributed by atoms with Crippen molar-refractivity contribution in [2.24, 2.45) is 0 Å². The largest absolute Gasteiger partial charge is 0.478 e. The van der Waals surface area contributed by atoms with Crippen LogP contribution < -0.4 is 14.8 Å². The summed E-state index contributed by atoms with van der Waals surface area (Å²) in [6.07, 6.45) is 3.05. The number of halogens is 3. The number of ether oxygens (including phenoxy) is 2. The minimum Gasteiger partial charge on any atom is -0.478 e. The Balaban J connectivity index is 1.63. The van der Waals surface area contributed by atoms with Gasteiger partial charge in [0.1, 0.15) is 0 Å². The van der Waals surface area contributed by atoms with Crippen LogP contribution >= 0.6 is 34.8 Å². The highest BCUT2D eigenvalue weighted by Gasteiger charge is 2.19. The molecule has 0 unspecified atom stereocenters. The standard InChI is InChI=1S/C23H16Cl3NO4/c24-17-6-7-19(27-15-4-1-13(2-5-15)3-8-22(28)29)16(23(17)26)9-14-10-20-21(11-18(14)25)31-12-30-20/h1-8,10-11,27H,9,12H2,(H,28,29). The quantitative estimate of drug-likeness (QED) is 0.383. The fraction of sp³-hybridized carbons (Fsp3) is 0.0870. The maximum atomic E-state index is 10.7. The second-order valence-corrected chi connectivity index (χ2v) is 7.97. The lowest BCUT2D eigenvalue weighted by Crippen LogP contribution is -2.00. The third-order valence-corrected chi connectivity index (χ3v) is 5.91. The number of anilines is 2. The maximum Gasteiger partial charge on any atom is 0.328 e. The molecule has 0 saturated carbocycles. The van der Waals surface area contributed by atoms with E-state index in [4.69, 9.17) is 49.4 Å². The molecule has 158 valence electrons. The molecule has 1 aliphatic heterocycles. The van der Waals surface area contributed by atoms with Gasteiger partial charge in [-0.3, -0.25) is 0 Å². The summed E-state index contributed by atoms with van der Waals surface area (Å²) in [5.41, 5.74) is 3.97. The Morgan fingerprint density at radius 1 is 1.00 bits per heavy atom. The molecule has 31 heavy (non-hydrogen) atoms. The molecule has 0 fully saturated rings. The number of rotatable bonds is 6. The smallest absolute Gasteiger partial charge is 0.328 e. The number of carboxylic acid groups (broad SMARTS) is 1. The lowest BCUT2D eigenvalue weighted by atomic mass is 10.0. The van der Waals surface area contributed by atoms with Crippen molar-refractivity contribution < 1.29 is 19.4 Å². The summed E-state index contributed by atoms with van der Waals surface area (Å²) in [6, 6.07) is 14.5. The second kappa shape index (κ2) is 9.10. The number of aliphatic carboxylic acids is 1. The van der Waals surface area contributed by atoms with Gasteiger partial charge in [0, 0.05) is 40.5 Å². The minimum atomic E-state index is -0.996. The van der Waals surface area contributed by atoms with E-state index in [2.05, 4.69) is 5.32 Å². The van der Waals surface area contributed by atoms with Gasteiger partial charge in [-0.05, 0) is 47.5 Å². The van der Waals surface area contributed by atoms with Gasteiger partial charge < -0.3 is 19.9 Å². The SMILES string of the molecule is O=C(O)C=Cc1ccc(Nc2ccc(Cl)c(Cl)c2Cc2cc3c(cc2Cl)OCO3)cc1. The lowest BCUT2D eigenvalue weighted by Gasteiger charge is -2.16. The molecule has 0 aliphatic carbocycles. The minimum absolute atomic E-state index is 0.164. The van der Waals surface area contributed by atoms with E-state index < -0.39 is 5.97 Å². The number of fused-ring (bicyclic) bond motifs is 1. The predicted molar refractivity (Wildman–Crippen MR) is 123 cm³/mol. The Hall–Kier alpha value is -2.86. The molecule has 5 nitrogen and oxygen atoms in total. The number of carboxylic acids is 1. The highest BCUT2D eigenvalue weighted by Crippen LogP contribution is 2.40. The van der Waals surface area contributed by atoms with Crippen molar-refractivity contribution in [3.63, 3.8) is 0 Å². The van der Waals surface area contributed by atoms with E-state index in [-0.39, 0.29) is 6.79 Å². The maximum absolute atomic E-state index is 10.7. The highest BCUT2D eigenvalue weighted by atomic mass is 35.5. The van der Waals surface area contributed by atoms with Crippen LogP contribution in [0.2, 0.25) is 15.1 Å². The van der Waals surface area contributed by atoms with Gasteiger partial charge in [-0.25, -0.2) is 4.79 Å². The topological polar surface area (TPSA) is 67.8 Å². The van der Waals surface area contributed by atoms with Crippen molar-refractivity contribution >= 4 is 58.2 Å². The normalized spacial score (nSPS) is 12.4. The van der Waals surface area contributed by atoms with E-state index in [0.29, 0.717) is 33.0 Å². The van der Waals surface area contributed by atoms with Crippen molar-refractivity contribution in [3.05, 3.63) is 86.4 Å². The molecule has 0 aromatic heterocycles. The first kappa shape index (κ1) is 21.4. The Bertz CT molecular complexity index is 1180. The molecule has 3 aromatic rings. The van der Waals surface area contributed by atoms with Crippen molar-refractivity contribution in [1.82, 2.24) is 0 Å². The Kier molecular flexibility index (Phi) is 6.28. The van der Waals surface area contributed by atoms with Crippen LogP contribution in [-0.4, -0.2) is 17.9 Å². The molecule has 1 heterocycles. The molecule has 0 spiro atoms. The summed E-state index contributed by atoms with van der Waals surface area (Å²) in [5, 5.41) is 13.5. The van der Waals surface area contributed by atoms with Gasteiger partial charge in [-0.2, -0.15) is 0 Å². The molecule has 4 rings (SSSR count). The van der Waals surface area contributed by atoms with Gasteiger partial charge in [0.15, 0.2) is 11.5 Å². The van der Waals surface area contributed by atoms with Crippen molar-refractivity contribution in [2.75, 3.05) is 12.1 Å². The Labute approximate surface area is 193 Å². The van der Waals surface area contributed by atoms with Crippen LogP contribution in [0.25, 0.3) is 6.08 Å². The summed E-state index contributed by atoms with van der Waals surface area (Å²) in [7, 11) is 0. The zero-order valence-corrected chi connectivity index (χ0v) is 18.3. The van der Waals surface area contributed by atoms with Crippen LogP contribution in [0.1, 0.15) is 16.7 Å². The van der Waals surface area contributed by atoms with E-state index in [1.165, 1.54) is 6.08 Å².